The molecule has 26 heavy (non-hydrogen) atoms. The van der Waals surface area contributed by atoms with E-state index in [9.17, 15) is 9.90 Å². The van der Waals surface area contributed by atoms with Gasteiger partial charge in [-0.3, -0.25) is 10.1 Å². The van der Waals surface area contributed by atoms with E-state index in [1.807, 2.05) is 13.8 Å². The number of aliphatic carboxylic acids is 1. The normalized spacial score (nSPS) is 12.2. The molecule has 1 atom stereocenters. The van der Waals surface area contributed by atoms with Gasteiger partial charge < -0.3 is 9.84 Å². The number of carboxylic acids is 1. The fourth-order valence-electron chi connectivity index (χ4n) is 2.48. The van der Waals surface area contributed by atoms with Crippen molar-refractivity contribution in [3.8, 4) is 5.75 Å². The van der Waals surface area contributed by atoms with E-state index in [0.717, 1.165) is 5.56 Å². The Bertz CT molecular complexity index is 760. The molecule has 0 aliphatic carbocycles. The Labute approximate surface area is 168 Å². The summed E-state index contributed by atoms with van der Waals surface area (Å²) in [5.74, 6) is -0.365. The Morgan fingerprint density at radius 1 is 1.15 bits per heavy atom. The van der Waals surface area contributed by atoms with Crippen LogP contribution in [-0.2, 0) is 17.9 Å². The summed E-state index contributed by atoms with van der Waals surface area (Å²) in [5, 5.41) is 13.9. The molecule has 140 valence electrons. The van der Waals surface area contributed by atoms with Crippen LogP contribution in [-0.4, -0.2) is 17.1 Å². The summed E-state index contributed by atoms with van der Waals surface area (Å²) in [4.78, 5) is 11.4. The summed E-state index contributed by atoms with van der Waals surface area (Å²) in [6, 6.07) is 9.80. The number of hydrogen-bond acceptors (Lipinski definition) is 3. The minimum Gasteiger partial charge on any atom is -0.488 e. The first-order chi connectivity index (χ1) is 12.3. The molecule has 0 saturated heterocycles. The third-order valence-electron chi connectivity index (χ3n) is 3.90. The third kappa shape index (κ3) is 5.52. The maximum absolute atomic E-state index is 11.4. The number of nitrogens with one attached hydrogen (secondary N) is 1. The molecule has 0 heterocycles. The number of hydrogen-bond donors (Lipinski definition) is 2. The van der Waals surface area contributed by atoms with Crippen LogP contribution < -0.4 is 10.1 Å². The standard InChI is InChI=1S/C19H20Cl3NO3/c1-11(2)18(19(24)25)23-9-12-8-13(20)6-7-17(12)26-10-14-15(21)4-3-5-16(14)22/h3-8,11,18,23H,9-10H2,1-2H3,(H,24,25). The van der Waals surface area contributed by atoms with E-state index in [1.54, 1.807) is 36.4 Å². The molecule has 7 heteroatoms. The van der Waals surface area contributed by atoms with Crippen LogP contribution in [0.1, 0.15) is 25.0 Å². The maximum atomic E-state index is 11.4. The summed E-state index contributed by atoms with van der Waals surface area (Å²) < 4.78 is 5.88. The minimum atomic E-state index is -0.896. The van der Waals surface area contributed by atoms with Crippen molar-refractivity contribution in [3.63, 3.8) is 0 Å². The van der Waals surface area contributed by atoms with E-state index < -0.39 is 12.0 Å². The molecule has 0 amide bonds. The van der Waals surface area contributed by atoms with E-state index in [1.165, 1.54) is 0 Å². The van der Waals surface area contributed by atoms with Crippen LogP contribution in [0.3, 0.4) is 0 Å². The number of carbonyl (C=O) groups is 1. The lowest BCUT2D eigenvalue weighted by Gasteiger charge is -2.19. The molecular weight excluding hydrogens is 397 g/mol. The highest BCUT2D eigenvalue weighted by atomic mass is 35.5. The lowest BCUT2D eigenvalue weighted by Crippen LogP contribution is -2.40. The van der Waals surface area contributed by atoms with Gasteiger partial charge in [0.1, 0.15) is 18.4 Å². The van der Waals surface area contributed by atoms with Gasteiger partial charge in [0.15, 0.2) is 0 Å². The first-order valence-corrected chi connectivity index (χ1v) is 9.23. The van der Waals surface area contributed by atoms with Crippen LogP contribution in [0.15, 0.2) is 36.4 Å². The molecule has 0 spiro atoms. The smallest absolute Gasteiger partial charge is 0.320 e. The second kappa shape index (κ2) is 9.47. The van der Waals surface area contributed by atoms with E-state index in [2.05, 4.69) is 5.32 Å². The molecule has 0 aliphatic heterocycles. The summed E-state index contributed by atoms with van der Waals surface area (Å²) in [5.41, 5.74) is 1.45. The van der Waals surface area contributed by atoms with Crippen LogP contribution >= 0.6 is 34.8 Å². The van der Waals surface area contributed by atoms with Crippen molar-refractivity contribution < 1.29 is 14.6 Å². The molecule has 0 saturated carbocycles. The molecule has 2 rings (SSSR count). The molecule has 2 aromatic carbocycles. The molecule has 0 fully saturated rings. The topological polar surface area (TPSA) is 58.6 Å². The molecule has 0 aromatic heterocycles. The van der Waals surface area contributed by atoms with E-state index in [-0.39, 0.29) is 12.5 Å². The molecule has 0 radical (unpaired) electrons. The van der Waals surface area contributed by atoms with Gasteiger partial charge in [-0.25, -0.2) is 0 Å². The van der Waals surface area contributed by atoms with Crippen molar-refractivity contribution in [1.82, 2.24) is 5.32 Å². The third-order valence-corrected chi connectivity index (χ3v) is 4.84. The van der Waals surface area contributed by atoms with Gasteiger partial charge in [-0.2, -0.15) is 0 Å². The number of halogens is 3. The Balaban J connectivity index is 2.15. The first kappa shape index (κ1) is 20.8. The fourth-order valence-corrected chi connectivity index (χ4v) is 3.18. The van der Waals surface area contributed by atoms with Gasteiger partial charge in [0.05, 0.1) is 0 Å². The van der Waals surface area contributed by atoms with E-state index in [0.29, 0.717) is 32.9 Å². The average Bonchev–Trinajstić information content (AvgIpc) is 2.55. The van der Waals surface area contributed by atoms with Crippen LogP contribution in [0.5, 0.6) is 5.75 Å². The lowest BCUT2D eigenvalue weighted by molar-refractivity contribution is -0.140. The van der Waals surface area contributed by atoms with Gasteiger partial charge in [0.2, 0.25) is 0 Å². The van der Waals surface area contributed by atoms with Crippen LogP contribution in [0.2, 0.25) is 15.1 Å². The maximum Gasteiger partial charge on any atom is 0.320 e. The summed E-state index contributed by atoms with van der Waals surface area (Å²) >= 11 is 18.4. The Kier molecular flexibility index (Phi) is 7.59. The number of carboxylic acid groups (broad SMARTS) is 1. The molecular formula is C19H20Cl3NO3. The Hall–Kier alpha value is -1.46. The zero-order valence-corrected chi connectivity index (χ0v) is 16.7. The highest BCUT2D eigenvalue weighted by Crippen LogP contribution is 2.28. The van der Waals surface area contributed by atoms with Crippen LogP contribution in [0, 0.1) is 5.92 Å². The highest BCUT2D eigenvalue weighted by Gasteiger charge is 2.21. The number of ether oxygens (including phenoxy) is 1. The average molecular weight is 417 g/mol. The van der Waals surface area contributed by atoms with Crippen LogP contribution in [0.4, 0.5) is 0 Å². The van der Waals surface area contributed by atoms with Gasteiger partial charge >= 0.3 is 5.97 Å². The van der Waals surface area contributed by atoms with Gasteiger partial charge in [0.25, 0.3) is 0 Å². The molecule has 0 aliphatic rings. The molecule has 1 unspecified atom stereocenters. The zero-order chi connectivity index (χ0) is 19.3. The predicted octanol–water partition coefficient (Wildman–Crippen LogP) is 5.42. The van der Waals surface area contributed by atoms with Crippen molar-refractivity contribution in [2.45, 2.75) is 33.0 Å². The van der Waals surface area contributed by atoms with E-state index in [4.69, 9.17) is 39.5 Å². The second-order valence-corrected chi connectivity index (χ2v) is 7.43. The van der Waals surface area contributed by atoms with Crippen molar-refractivity contribution >= 4 is 40.8 Å². The van der Waals surface area contributed by atoms with Crippen molar-refractivity contribution in [3.05, 3.63) is 62.6 Å². The Morgan fingerprint density at radius 3 is 2.38 bits per heavy atom. The highest BCUT2D eigenvalue weighted by molar-refractivity contribution is 6.36. The monoisotopic (exact) mass is 415 g/mol. The minimum absolute atomic E-state index is 0.0574. The lowest BCUT2D eigenvalue weighted by atomic mass is 10.0. The largest absolute Gasteiger partial charge is 0.488 e. The quantitative estimate of drug-likeness (QED) is 0.603. The summed E-state index contributed by atoms with van der Waals surface area (Å²) in [6.45, 7) is 4.20. The second-order valence-electron chi connectivity index (χ2n) is 6.18. The van der Waals surface area contributed by atoms with Gasteiger partial charge in [-0.05, 0) is 36.2 Å². The number of rotatable bonds is 8. The van der Waals surface area contributed by atoms with Gasteiger partial charge in [0, 0.05) is 32.7 Å². The van der Waals surface area contributed by atoms with Crippen molar-refractivity contribution in [1.29, 1.82) is 0 Å². The molecule has 2 N–H and O–H groups in total. The summed E-state index contributed by atoms with van der Waals surface area (Å²) in [6.07, 6.45) is 0. The van der Waals surface area contributed by atoms with Crippen LogP contribution in [0.25, 0.3) is 0 Å². The van der Waals surface area contributed by atoms with Gasteiger partial charge in [-0.1, -0.05) is 54.7 Å². The SMILES string of the molecule is CC(C)C(NCc1cc(Cl)ccc1OCc1c(Cl)cccc1Cl)C(=O)O. The first-order valence-electron chi connectivity index (χ1n) is 8.10. The van der Waals surface area contributed by atoms with E-state index >= 15 is 0 Å². The van der Waals surface area contributed by atoms with Crippen molar-refractivity contribution in [2.24, 2.45) is 5.92 Å². The predicted molar refractivity (Wildman–Crippen MR) is 105 cm³/mol. The van der Waals surface area contributed by atoms with Gasteiger partial charge in [-0.15, -0.1) is 0 Å². The number of benzene rings is 2. The summed E-state index contributed by atoms with van der Waals surface area (Å²) in [7, 11) is 0. The molecule has 0 bridgehead atoms. The zero-order valence-electron chi connectivity index (χ0n) is 14.4. The molecule has 2 aromatic rings. The Morgan fingerprint density at radius 2 is 1.81 bits per heavy atom. The molecule has 4 nitrogen and oxygen atoms in total. The fraction of sp³-hybridized carbons (Fsp3) is 0.316. The van der Waals surface area contributed by atoms with Crippen molar-refractivity contribution in [2.75, 3.05) is 0 Å².